The molecule has 116 valence electrons. The van der Waals surface area contributed by atoms with Crippen LogP contribution < -0.4 is 0 Å². The Hall–Kier alpha value is -2.39. The number of carbonyl (C=O) groups is 1. The van der Waals surface area contributed by atoms with Crippen molar-refractivity contribution in [1.29, 1.82) is 0 Å². The molecule has 23 heavy (non-hydrogen) atoms. The van der Waals surface area contributed by atoms with Crippen LogP contribution in [0.4, 0.5) is 0 Å². The molecule has 0 saturated carbocycles. The van der Waals surface area contributed by atoms with Gasteiger partial charge >= 0.3 is 5.97 Å². The molecular formula is C19H16ClNO2. The second-order valence-electron chi connectivity index (χ2n) is 5.45. The minimum absolute atomic E-state index is 0.325. The first kappa shape index (κ1) is 15.5. The number of halogens is 1. The predicted octanol–water partition coefficient (Wildman–Crippen LogP) is 4.57. The maximum absolute atomic E-state index is 11.5. The highest BCUT2D eigenvalue weighted by Gasteiger charge is 2.08. The van der Waals surface area contributed by atoms with Gasteiger partial charge in [-0.25, -0.2) is 4.79 Å². The number of hydrogen-bond acceptors (Lipinski definition) is 3. The molecule has 0 aliphatic heterocycles. The molecule has 0 N–H and O–H groups in total. The minimum Gasteiger partial charge on any atom is -0.465 e. The van der Waals surface area contributed by atoms with Crippen molar-refractivity contribution in [1.82, 2.24) is 4.98 Å². The Kier molecular flexibility index (Phi) is 4.30. The second kappa shape index (κ2) is 6.39. The average molecular weight is 326 g/mol. The summed E-state index contributed by atoms with van der Waals surface area (Å²) >= 11 is 6.13. The third kappa shape index (κ3) is 3.35. The number of rotatable bonds is 3. The second-order valence-corrected chi connectivity index (χ2v) is 5.89. The van der Waals surface area contributed by atoms with Crippen LogP contribution in [0.1, 0.15) is 27.2 Å². The quantitative estimate of drug-likeness (QED) is 0.662. The number of nitrogens with zero attached hydrogens (tertiary/aromatic N) is 1. The van der Waals surface area contributed by atoms with E-state index in [1.165, 1.54) is 12.7 Å². The van der Waals surface area contributed by atoms with Crippen LogP contribution in [0.15, 0.2) is 48.5 Å². The summed E-state index contributed by atoms with van der Waals surface area (Å²) in [7, 11) is 1.38. The summed E-state index contributed by atoms with van der Waals surface area (Å²) in [6.45, 7) is 1.98. The van der Waals surface area contributed by atoms with Crippen molar-refractivity contribution in [2.24, 2.45) is 0 Å². The largest absolute Gasteiger partial charge is 0.465 e. The molecule has 0 unspecified atom stereocenters. The number of ether oxygens (including phenoxy) is 1. The van der Waals surface area contributed by atoms with Crippen LogP contribution in [0, 0.1) is 6.92 Å². The van der Waals surface area contributed by atoms with E-state index in [-0.39, 0.29) is 5.97 Å². The Morgan fingerprint density at radius 2 is 1.87 bits per heavy atom. The molecule has 0 radical (unpaired) electrons. The van der Waals surface area contributed by atoms with Gasteiger partial charge < -0.3 is 4.74 Å². The Morgan fingerprint density at radius 1 is 1.13 bits per heavy atom. The van der Waals surface area contributed by atoms with Crippen LogP contribution in [0.25, 0.3) is 10.9 Å². The molecule has 0 fully saturated rings. The molecular weight excluding hydrogens is 310 g/mol. The molecule has 1 heterocycles. The van der Waals surface area contributed by atoms with Crippen LogP contribution in [0.3, 0.4) is 0 Å². The summed E-state index contributed by atoms with van der Waals surface area (Å²) in [4.78, 5) is 16.0. The number of benzene rings is 2. The van der Waals surface area contributed by atoms with Crippen LogP contribution in [0.2, 0.25) is 5.02 Å². The molecule has 0 aliphatic carbocycles. The van der Waals surface area contributed by atoms with E-state index in [1.807, 2.05) is 37.3 Å². The highest BCUT2D eigenvalue weighted by molar-refractivity contribution is 6.31. The third-order valence-electron chi connectivity index (χ3n) is 3.75. The normalized spacial score (nSPS) is 10.7. The van der Waals surface area contributed by atoms with Crippen LogP contribution in [-0.4, -0.2) is 18.1 Å². The predicted molar refractivity (Wildman–Crippen MR) is 92.1 cm³/mol. The lowest BCUT2D eigenvalue weighted by Gasteiger charge is -2.09. The molecule has 0 atom stereocenters. The van der Waals surface area contributed by atoms with Gasteiger partial charge in [-0.15, -0.1) is 0 Å². The van der Waals surface area contributed by atoms with Gasteiger partial charge in [0.2, 0.25) is 0 Å². The highest BCUT2D eigenvalue weighted by Crippen LogP contribution is 2.24. The topological polar surface area (TPSA) is 39.2 Å². The van der Waals surface area contributed by atoms with Crippen molar-refractivity contribution in [3.8, 4) is 0 Å². The fraction of sp³-hybridized carbons (Fsp3) is 0.158. The number of aryl methyl sites for hydroxylation is 1. The fourth-order valence-electron chi connectivity index (χ4n) is 2.66. The lowest BCUT2D eigenvalue weighted by atomic mass is 9.99. The first-order valence-corrected chi connectivity index (χ1v) is 7.67. The van der Waals surface area contributed by atoms with Crippen LogP contribution in [0.5, 0.6) is 0 Å². The zero-order chi connectivity index (χ0) is 16.4. The van der Waals surface area contributed by atoms with Crippen LogP contribution in [-0.2, 0) is 11.2 Å². The lowest BCUT2D eigenvalue weighted by molar-refractivity contribution is 0.0600. The van der Waals surface area contributed by atoms with E-state index in [1.54, 1.807) is 12.1 Å². The summed E-state index contributed by atoms with van der Waals surface area (Å²) in [5, 5.41) is 1.76. The Morgan fingerprint density at radius 3 is 2.57 bits per heavy atom. The molecule has 4 heteroatoms. The standard InChI is InChI=1S/C19H16ClNO2/c1-12-9-15(17-11-16(20)7-8-18(17)21-12)10-13-3-5-14(6-4-13)19(22)23-2/h3-9,11H,10H2,1-2H3. The Labute approximate surface area is 139 Å². The summed E-state index contributed by atoms with van der Waals surface area (Å²) in [5.74, 6) is -0.325. The number of pyridine rings is 1. The van der Waals surface area contributed by atoms with Gasteiger partial charge in [0.05, 0.1) is 18.2 Å². The molecule has 3 nitrogen and oxygen atoms in total. The zero-order valence-electron chi connectivity index (χ0n) is 13.0. The summed E-state index contributed by atoms with van der Waals surface area (Å²) in [6.07, 6.45) is 0.752. The van der Waals surface area contributed by atoms with Crippen molar-refractivity contribution in [2.45, 2.75) is 13.3 Å². The molecule has 0 aliphatic rings. The van der Waals surface area contributed by atoms with Gasteiger partial charge in [0, 0.05) is 16.1 Å². The molecule has 2 aromatic carbocycles. The summed E-state index contributed by atoms with van der Waals surface area (Å²) < 4.78 is 4.72. The van der Waals surface area contributed by atoms with Gasteiger partial charge in [-0.3, -0.25) is 4.98 Å². The zero-order valence-corrected chi connectivity index (χ0v) is 13.7. The van der Waals surface area contributed by atoms with E-state index < -0.39 is 0 Å². The minimum atomic E-state index is -0.325. The first-order chi connectivity index (χ1) is 11.1. The lowest BCUT2D eigenvalue weighted by Crippen LogP contribution is -2.01. The molecule has 3 aromatic rings. The smallest absolute Gasteiger partial charge is 0.337 e. The monoisotopic (exact) mass is 325 g/mol. The van der Waals surface area contributed by atoms with Gasteiger partial charge in [0.15, 0.2) is 0 Å². The van der Waals surface area contributed by atoms with Crippen molar-refractivity contribution in [3.05, 3.63) is 75.9 Å². The SMILES string of the molecule is COC(=O)c1ccc(Cc2cc(C)nc3ccc(Cl)cc23)cc1. The first-order valence-electron chi connectivity index (χ1n) is 7.30. The molecule has 0 amide bonds. The number of carbonyl (C=O) groups excluding carboxylic acids is 1. The highest BCUT2D eigenvalue weighted by atomic mass is 35.5. The van der Waals surface area contributed by atoms with E-state index in [2.05, 4.69) is 11.1 Å². The van der Waals surface area contributed by atoms with Gasteiger partial charge in [0.1, 0.15) is 0 Å². The summed E-state index contributed by atoms with van der Waals surface area (Å²) in [5.41, 5.74) is 4.75. The van der Waals surface area contributed by atoms with Gasteiger partial charge in [-0.1, -0.05) is 23.7 Å². The van der Waals surface area contributed by atoms with Crippen molar-refractivity contribution < 1.29 is 9.53 Å². The molecule has 0 saturated heterocycles. The van der Waals surface area contributed by atoms with Crippen LogP contribution >= 0.6 is 11.6 Å². The molecule has 0 bridgehead atoms. The molecule has 3 rings (SSSR count). The van der Waals surface area contributed by atoms with E-state index in [0.29, 0.717) is 10.6 Å². The van der Waals surface area contributed by atoms with Crippen molar-refractivity contribution in [2.75, 3.05) is 7.11 Å². The van der Waals surface area contributed by atoms with E-state index >= 15 is 0 Å². The Balaban J connectivity index is 1.97. The molecule has 0 spiro atoms. The average Bonchev–Trinajstić information content (AvgIpc) is 2.55. The van der Waals surface area contributed by atoms with Crippen molar-refractivity contribution in [3.63, 3.8) is 0 Å². The summed E-state index contributed by atoms with van der Waals surface area (Å²) in [6, 6.07) is 15.3. The van der Waals surface area contributed by atoms with Crippen molar-refractivity contribution >= 4 is 28.5 Å². The van der Waals surface area contributed by atoms with Gasteiger partial charge in [-0.05, 0) is 60.9 Å². The number of aromatic nitrogens is 1. The number of esters is 1. The maximum Gasteiger partial charge on any atom is 0.337 e. The van der Waals surface area contributed by atoms with E-state index in [9.17, 15) is 4.79 Å². The van der Waals surface area contributed by atoms with Gasteiger partial charge in [-0.2, -0.15) is 0 Å². The maximum atomic E-state index is 11.5. The third-order valence-corrected chi connectivity index (χ3v) is 3.99. The number of hydrogen-bond donors (Lipinski definition) is 0. The Bertz CT molecular complexity index is 872. The fourth-order valence-corrected chi connectivity index (χ4v) is 2.83. The van der Waals surface area contributed by atoms with E-state index in [4.69, 9.17) is 16.3 Å². The number of methoxy groups -OCH3 is 1. The number of fused-ring (bicyclic) bond motifs is 1. The van der Waals surface area contributed by atoms with E-state index in [0.717, 1.165) is 28.6 Å². The van der Waals surface area contributed by atoms with Gasteiger partial charge in [0.25, 0.3) is 0 Å². The molecule has 1 aromatic heterocycles.